The van der Waals surface area contributed by atoms with Crippen LogP contribution in [0, 0.1) is 6.92 Å². The standard InChI is InChI=1S/C25H23BrN6O/c1-17-15-18(26)7-8-22(17)30-24(33)21-16-29-23(20-6-3-2-5-19(20)21)31-11-13-32(14-12-31)25-27-9-4-10-28-25/h2-10,15-16H,11-14H2,1H3,(H,30,33). The Labute approximate surface area is 200 Å². The van der Waals surface area contributed by atoms with Crippen molar-refractivity contribution in [3.63, 3.8) is 0 Å². The summed E-state index contributed by atoms with van der Waals surface area (Å²) >= 11 is 3.47. The summed E-state index contributed by atoms with van der Waals surface area (Å²) in [5, 5.41) is 4.90. The molecule has 0 unspecified atom stereocenters. The molecule has 2 aromatic heterocycles. The molecule has 1 saturated heterocycles. The number of benzene rings is 2. The minimum Gasteiger partial charge on any atom is -0.353 e. The molecule has 166 valence electrons. The molecule has 1 N–H and O–H groups in total. The van der Waals surface area contributed by atoms with E-state index in [9.17, 15) is 4.79 Å². The van der Waals surface area contributed by atoms with Crippen LogP contribution in [-0.2, 0) is 0 Å². The molecule has 0 atom stereocenters. The molecule has 8 heteroatoms. The number of aromatic nitrogens is 3. The second-order valence-corrected chi connectivity index (χ2v) is 8.89. The van der Waals surface area contributed by atoms with E-state index in [4.69, 9.17) is 4.98 Å². The Morgan fingerprint density at radius 1 is 0.909 bits per heavy atom. The number of carbonyl (C=O) groups excluding carboxylic acids is 1. The van der Waals surface area contributed by atoms with Crippen LogP contribution in [0.4, 0.5) is 17.5 Å². The van der Waals surface area contributed by atoms with Gasteiger partial charge in [-0.15, -0.1) is 0 Å². The van der Waals surface area contributed by atoms with Crippen LogP contribution >= 0.6 is 15.9 Å². The average Bonchev–Trinajstić information content (AvgIpc) is 2.86. The Hall–Kier alpha value is -3.52. The first-order valence-electron chi connectivity index (χ1n) is 10.8. The number of hydrogen-bond acceptors (Lipinski definition) is 6. The normalized spacial score (nSPS) is 13.9. The molecule has 33 heavy (non-hydrogen) atoms. The molecule has 0 spiro atoms. The summed E-state index contributed by atoms with van der Waals surface area (Å²) in [4.78, 5) is 31.1. The molecule has 0 saturated carbocycles. The number of aryl methyl sites for hydroxylation is 1. The molecular formula is C25H23BrN6O. The lowest BCUT2D eigenvalue weighted by Crippen LogP contribution is -2.47. The third-order valence-corrected chi connectivity index (χ3v) is 6.36. The predicted octanol–water partition coefficient (Wildman–Crippen LogP) is 4.67. The van der Waals surface area contributed by atoms with Crippen LogP contribution in [0.2, 0.25) is 0 Å². The molecule has 1 aliphatic heterocycles. The fourth-order valence-corrected chi connectivity index (χ4v) is 4.62. The fraction of sp³-hybridized carbons (Fsp3) is 0.200. The van der Waals surface area contributed by atoms with Gasteiger partial charge in [-0.2, -0.15) is 0 Å². The molecule has 4 aromatic rings. The second-order valence-electron chi connectivity index (χ2n) is 7.98. The topological polar surface area (TPSA) is 74.2 Å². The summed E-state index contributed by atoms with van der Waals surface area (Å²) in [6.07, 6.45) is 5.22. The number of halogens is 1. The molecule has 0 bridgehead atoms. The van der Waals surface area contributed by atoms with Gasteiger partial charge >= 0.3 is 0 Å². The molecule has 0 aliphatic carbocycles. The number of amides is 1. The lowest BCUT2D eigenvalue weighted by atomic mass is 10.1. The van der Waals surface area contributed by atoms with Crippen LogP contribution in [0.15, 0.2) is 71.6 Å². The van der Waals surface area contributed by atoms with Crippen LogP contribution in [0.3, 0.4) is 0 Å². The van der Waals surface area contributed by atoms with E-state index < -0.39 is 0 Å². The van der Waals surface area contributed by atoms with Crippen LogP contribution in [0.25, 0.3) is 10.8 Å². The van der Waals surface area contributed by atoms with Crippen molar-refractivity contribution in [2.45, 2.75) is 6.92 Å². The van der Waals surface area contributed by atoms with E-state index in [1.807, 2.05) is 55.5 Å². The summed E-state index contributed by atoms with van der Waals surface area (Å²) < 4.78 is 0.980. The number of nitrogens with zero attached hydrogens (tertiary/aromatic N) is 5. The second kappa shape index (κ2) is 9.15. The Morgan fingerprint density at radius 3 is 2.33 bits per heavy atom. The summed E-state index contributed by atoms with van der Waals surface area (Å²) in [5.74, 6) is 1.49. The van der Waals surface area contributed by atoms with E-state index in [0.29, 0.717) is 5.56 Å². The fourth-order valence-electron chi connectivity index (χ4n) is 4.14. The number of pyridine rings is 1. The van der Waals surface area contributed by atoms with Gasteiger partial charge in [-0.05, 0) is 42.1 Å². The Kier molecular flexibility index (Phi) is 5.92. The molecule has 2 aromatic carbocycles. The first-order valence-corrected chi connectivity index (χ1v) is 11.6. The smallest absolute Gasteiger partial charge is 0.257 e. The van der Waals surface area contributed by atoms with Crippen molar-refractivity contribution in [2.75, 3.05) is 41.3 Å². The minimum atomic E-state index is -0.165. The van der Waals surface area contributed by atoms with E-state index in [1.54, 1.807) is 18.6 Å². The number of nitrogens with one attached hydrogen (secondary N) is 1. The minimum absolute atomic E-state index is 0.165. The molecule has 5 rings (SSSR count). The van der Waals surface area contributed by atoms with E-state index in [-0.39, 0.29) is 5.91 Å². The van der Waals surface area contributed by atoms with Gasteiger partial charge in [0.25, 0.3) is 5.91 Å². The van der Waals surface area contributed by atoms with Gasteiger partial charge in [0.2, 0.25) is 5.95 Å². The Bertz CT molecular complexity index is 1310. The number of fused-ring (bicyclic) bond motifs is 1. The number of piperazine rings is 1. The summed E-state index contributed by atoms with van der Waals surface area (Å²) in [5.41, 5.74) is 2.34. The Balaban J connectivity index is 1.40. The van der Waals surface area contributed by atoms with Crippen LogP contribution in [0.5, 0.6) is 0 Å². The van der Waals surface area contributed by atoms with Gasteiger partial charge in [0.15, 0.2) is 0 Å². The number of hydrogen-bond donors (Lipinski definition) is 1. The van der Waals surface area contributed by atoms with Crippen molar-refractivity contribution in [3.05, 3.63) is 82.7 Å². The monoisotopic (exact) mass is 502 g/mol. The highest BCUT2D eigenvalue weighted by molar-refractivity contribution is 9.10. The van der Waals surface area contributed by atoms with Gasteiger partial charge < -0.3 is 15.1 Å². The van der Waals surface area contributed by atoms with Crippen molar-refractivity contribution in [1.29, 1.82) is 0 Å². The van der Waals surface area contributed by atoms with Gasteiger partial charge in [-0.1, -0.05) is 40.2 Å². The highest BCUT2D eigenvalue weighted by Gasteiger charge is 2.23. The number of rotatable bonds is 4. The maximum absolute atomic E-state index is 13.2. The maximum atomic E-state index is 13.2. The van der Waals surface area contributed by atoms with Crippen molar-refractivity contribution >= 4 is 50.1 Å². The van der Waals surface area contributed by atoms with Gasteiger partial charge in [0, 0.05) is 60.3 Å². The first kappa shape index (κ1) is 21.3. The zero-order chi connectivity index (χ0) is 22.8. The third kappa shape index (κ3) is 4.39. The zero-order valence-electron chi connectivity index (χ0n) is 18.2. The molecule has 1 amide bonds. The molecular weight excluding hydrogens is 480 g/mol. The van der Waals surface area contributed by atoms with Crippen LogP contribution < -0.4 is 15.1 Å². The van der Waals surface area contributed by atoms with Crippen molar-refractivity contribution in [3.8, 4) is 0 Å². The van der Waals surface area contributed by atoms with E-state index in [1.165, 1.54) is 0 Å². The molecule has 7 nitrogen and oxygen atoms in total. The largest absolute Gasteiger partial charge is 0.353 e. The molecule has 1 aliphatic rings. The van der Waals surface area contributed by atoms with Crippen molar-refractivity contribution in [2.24, 2.45) is 0 Å². The molecule has 1 fully saturated rings. The lowest BCUT2D eigenvalue weighted by Gasteiger charge is -2.35. The molecule has 0 radical (unpaired) electrons. The summed E-state index contributed by atoms with van der Waals surface area (Å²) in [6.45, 7) is 5.20. The molecule has 3 heterocycles. The van der Waals surface area contributed by atoms with E-state index in [2.05, 4.69) is 41.0 Å². The Morgan fingerprint density at radius 2 is 1.61 bits per heavy atom. The van der Waals surface area contributed by atoms with Crippen LogP contribution in [-0.4, -0.2) is 47.0 Å². The zero-order valence-corrected chi connectivity index (χ0v) is 19.8. The average molecular weight is 503 g/mol. The van der Waals surface area contributed by atoms with Crippen molar-refractivity contribution in [1.82, 2.24) is 15.0 Å². The maximum Gasteiger partial charge on any atom is 0.257 e. The first-order chi connectivity index (χ1) is 16.1. The van der Waals surface area contributed by atoms with Gasteiger partial charge in [-0.3, -0.25) is 4.79 Å². The number of carbonyl (C=O) groups is 1. The highest BCUT2D eigenvalue weighted by Crippen LogP contribution is 2.29. The van der Waals surface area contributed by atoms with E-state index >= 15 is 0 Å². The van der Waals surface area contributed by atoms with Gasteiger partial charge in [0.1, 0.15) is 5.82 Å². The van der Waals surface area contributed by atoms with Gasteiger partial charge in [0.05, 0.1) is 5.56 Å². The summed E-state index contributed by atoms with van der Waals surface area (Å²) in [7, 11) is 0. The summed E-state index contributed by atoms with van der Waals surface area (Å²) in [6, 6.07) is 15.6. The predicted molar refractivity (Wildman–Crippen MR) is 135 cm³/mol. The van der Waals surface area contributed by atoms with Crippen LogP contribution in [0.1, 0.15) is 15.9 Å². The van der Waals surface area contributed by atoms with Gasteiger partial charge in [-0.25, -0.2) is 15.0 Å². The van der Waals surface area contributed by atoms with E-state index in [0.717, 1.165) is 64.4 Å². The highest BCUT2D eigenvalue weighted by atomic mass is 79.9. The SMILES string of the molecule is Cc1cc(Br)ccc1NC(=O)c1cnc(N2CCN(c3ncccn3)CC2)c2ccccc12. The quantitative estimate of drug-likeness (QED) is 0.436. The van der Waals surface area contributed by atoms with Crippen molar-refractivity contribution < 1.29 is 4.79 Å². The third-order valence-electron chi connectivity index (χ3n) is 5.87. The lowest BCUT2D eigenvalue weighted by molar-refractivity contribution is 0.102. The number of anilines is 3.